The molecule has 2 N–H and O–H groups in total. The molecule has 0 aliphatic carbocycles. The highest BCUT2D eigenvalue weighted by Crippen LogP contribution is 2.41. The number of aliphatic hydroxyl groups is 1. The van der Waals surface area contributed by atoms with Crippen LogP contribution in [-0.2, 0) is 14.3 Å². The molecule has 2 aromatic rings. The summed E-state index contributed by atoms with van der Waals surface area (Å²) >= 11 is 0. The number of carbonyl (C=O) groups is 2. The molecule has 0 radical (unpaired) electrons. The minimum absolute atomic E-state index is 0.0222. The Morgan fingerprint density at radius 3 is 2.41 bits per heavy atom. The van der Waals surface area contributed by atoms with Gasteiger partial charge in [0.1, 0.15) is 11.5 Å². The fourth-order valence-corrected chi connectivity index (χ4v) is 3.83. The van der Waals surface area contributed by atoms with Crippen LogP contribution in [0.4, 0.5) is 0 Å². The third-order valence-electron chi connectivity index (χ3n) is 5.52. The smallest absolute Gasteiger partial charge is 0.295 e. The van der Waals surface area contributed by atoms with Crippen molar-refractivity contribution in [1.29, 1.82) is 0 Å². The number of likely N-dealkylation sites (tertiary alicyclic amines) is 1. The van der Waals surface area contributed by atoms with Crippen LogP contribution in [-0.4, -0.2) is 60.8 Å². The number of nitrogens with zero attached hydrogens (tertiary/aromatic N) is 1. The number of phenols is 1. The third kappa shape index (κ3) is 5.34. The Hall–Kier alpha value is -3.52. The number of carbonyl (C=O) groups excluding carboxylic acids is 2. The van der Waals surface area contributed by atoms with Gasteiger partial charge in [-0.1, -0.05) is 19.9 Å². The lowest BCUT2D eigenvalue weighted by atomic mass is 9.95. The summed E-state index contributed by atoms with van der Waals surface area (Å²) in [4.78, 5) is 27.4. The lowest BCUT2D eigenvalue weighted by molar-refractivity contribution is -0.140. The number of phenolic OH excluding ortho intramolecular Hbond substituents is 1. The number of hydrogen-bond donors (Lipinski definition) is 2. The zero-order chi connectivity index (χ0) is 24.8. The van der Waals surface area contributed by atoms with Gasteiger partial charge >= 0.3 is 0 Å². The molecule has 1 aliphatic heterocycles. The number of benzene rings is 2. The fourth-order valence-electron chi connectivity index (χ4n) is 3.83. The maximum atomic E-state index is 13.1. The number of aliphatic hydroxyl groups excluding tert-OH is 1. The molecule has 1 aliphatic rings. The van der Waals surface area contributed by atoms with Crippen LogP contribution < -0.4 is 9.47 Å². The molecule has 8 nitrogen and oxygen atoms in total. The van der Waals surface area contributed by atoms with Gasteiger partial charge in [0.05, 0.1) is 25.3 Å². The SMILES string of the molecule is COCCCN1C(=O)C(=O)/C(=C(/O)c2ccc(OCC(C)C)cc2)[C@H]1c1ccc(O)c(OC)c1. The van der Waals surface area contributed by atoms with E-state index in [1.54, 1.807) is 43.5 Å². The molecule has 0 bridgehead atoms. The Labute approximate surface area is 199 Å². The number of amides is 1. The average Bonchev–Trinajstić information content (AvgIpc) is 3.08. The minimum atomic E-state index is -0.844. The van der Waals surface area contributed by atoms with Gasteiger partial charge in [-0.2, -0.15) is 0 Å². The molecule has 34 heavy (non-hydrogen) atoms. The van der Waals surface area contributed by atoms with E-state index in [9.17, 15) is 19.8 Å². The van der Waals surface area contributed by atoms with Crippen molar-refractivity contribution in [2.75, 3.05) is 34.0 Å². The van der Waals surface area contributed by atoms with E-state index in [2.05, 4.69) is 0 Å². The standard InChI is InChI=1S/C26H31NO7/c1-16(2)15-34-19-9-6-17(7-10-19)24(29)22-23(18-8-11-20(28)21(14-18)33-4)27(12-5-13-32-3)26(31)25(22)30/h6-11,14,16,23,28-29H,5,12-13,15H2,1-4H3/b24-22+/t23-/m1/s1. The summed E-state index contributed by atoms with van der Waals surface area (Å²) in [7, 11) is 2.97. The highest BCUT2D eigenvalue weighted by atomic mass is 16.5. The van der Waals surface area contributed by atoms with Crippen molar-refractivity contribution in [3.8, 4) is 17.2 Å². The largest absolute Gasteiger partial charge is 0.507 e. The van der Waals surface area contributed by atoms with Crippen molar-refractivity contribution in [1.82, 2.24) is 4.90 Å². The van der Waals surface area contributed by atoms with Gasteiger partial charge in [0.15, 0.2) is 11.5 Å². The number of ether oxygens (including phenoxy) is 3. The molecule has 8 heteroatoms. The second-order valence-corrected chi connectivity index (χ2v) is 8.50. The van der Waals surface area contributed by atoms with Crippen molar-refractivity contribution in [3.63, 3.8) is 0 Å². The van der Waals surface area contributed by atoms with E-state index in [-0.39, 0.29) is 29.4 Å². The van der Waals surface area contributed by atoms with Crippen LogP contribution in [0.5, 0.6) is 17.2 Å². The van der Waals surface area contributed by atoms with Crippen molar-refractivity contribution >= 4 is 17.4 Å². The Balaban J connectivity index is 2.05. The Bertz CT molecular complexity index is 1060. The van der Waals surface area contributed by atoms with Crippen LogP contribution in [0.15, 0.2) is 48.0 Å². The van der Waals surface area contributed by atoms with Gasteiger partial charge in [-0.3, -0.25) is 9.59 Å². The van der Waals surface area contributed by atoms with E-state index in [4.69, 9.17) is 14.2 Å². The molecule has 1 saturated heterocycles. The molecule has 1 fully saturated rings. The number of rotatable bonds is 10. The molecule has 3 rings (SSSR count). The molecule has 2 aromatic carbocycles. The highest BCUT2D eigenvalue weighted by Gasteiger charge is 2.46. The van der Waals surface area contributed by atoms with E-state index in [1.165, 1.54) is 18.1 Å². The fraction of sp³-hybridized carbons (Fsp3) is 0.385. The van der Waals surface area contributed by atoms with Gasteiger partial charge in [-0.25, -0.2) is 0 Å². The van der Waals surface area contributed by atoms with E-state index in [1.807, 2.05) is 13.8 Å². The molecule has 182 valence electrons. The monoisotopic (exact) mass is 469 g/mol. The Kier molecular flexibility index (Phi) is 8.17. The van der Waals surface area contributed by atoms with Crippen molar-refractivity contribution in [3.05, 3.63) is 59.2 Å². The number of aromatic hydroxyl groups is 1. The van der Waals surface area contributed by atoms with E-state index >= 15 is 0 Å². The maximum Gasteiger partial charge on any atom is 0.295 e. The highest BCUT2D eigenvalue weighted by molar-refractivity contribution is 6.46. The average molecular weight is 470 g/mol. The minimum Gasteiger partial charge on any atom is -0.507 e. The quantitative estimate of drug-likeness (QED) is 0.235. The van der Waals surface area contributed by atoms with Gasteiger partial charge in [0, 0.05) is 25.8 Å². The molecule has 0 spiro atoms. The molecule has 0 unspecified atom stereocenters. The number of methoxy groups -OCH3 is 2. The first-order chi connectivity index (χ1) is 16.3. The molecule has 1 amide bonds. The zero-order valence-electron chi connectivity index (χ0n) is 19.9. The lowest BCUT2D eigenvalue weighted by Gasteiger charge is -2.25. The first kappa shape index (κ1) is 25.1. The summed E-state index contributed by atoms with van der Waals surface area (Å²) in [5.74, 6) is -0.612. The second kappa shape index (κ2) is 11.1. The molecule has 1 heterocycles. The molecular weight excluding hydrogens is 438 g/mol. The van der Waals surface area contributed by atoms with Crippen molar-refractivity contribution < 1.29 is 34.0 Å². The van der Waals surface area contributed by atoms with Gasteiger partial charge in [-0.15, -0.1) is 0 Å². The summed E-state index contributed by atoms with van der Waals surface area (Å²) in [6.45, 7) is 5.31. The first-order valence-electron chi connectivity index (χ1n) is 11.2. The predicted molar refractivity (Wildman–Crippen MR) is 127 cm³/mol. The van der Waals surface area contributed by atoms with E-state index in [0.717, 1.165) is 0 Å². The van der Waals surface area contributed by atoms with Gasteiger partial charge in [-0.05, 0) is 54.3 Å². The summed E-state index contributed by atoms with van der Waals surface area (Å²) in [6, 6.07) is 10.5. The lowest BCUT2D eigenvalue weighted by Crippen LogP contribution is -2.31. The summed E-state index contributed by atoms with van der Waals surface area (Å²) in [5, 5.41) is 21.2. The van der Waals surface area contributed by atoms with Gasteiger partial charge < -0.3 is 29.3 Å². The second-order valence-electron chi connectivity index (χ2n) is 8.50. The molecule has 1 atom stereocenters. The maximum absolute atomic E-state index is 13.1. The predicted octanol–water partition coefficient (Wildman–Crippen LogP) is 3.89. The zero-order valence-corrected chi connectivity index (χ0v) is 19.9. The third-order valence-corrected chi connectivity index (χ3v) is 5.52. The van der Waals surface area contributed by atoms with Crippen LogP contribution in [0.1, 0.15) is 37.4 Å². The molecule has 0 saturated carbocycles. The molecule has 0 aromatic heterocycles. The van der Waals surface area contributed by atoms with E-state index < -0.39 is 17.7 Å². The summed E-state index contributed by atoms with van der Waals surface area (Å²) in [5.41, 5.74) is 0.901. The summed E-state index contributed by atoms with van der Waals surface area (Å²) < 4.78 is 16.0. The summed E-state index contributed by atoms with van der Waals surface area (Å²) in [6.07, 6.45) is 0.511. The van der Waals surface area contributed by atoms with Gasteiger partial charge in [0.2, 0.25) is 0 Å². The van der Waals surface area contributed by atoms with Crippen molar-refractivity contribution in [2.24, 2.45) is 5.92 Å². The first-order valence-corrected chi connectivity index (χ1v) is 11.2. The van der Waals surface area contributed by atoms with Crippen LogP contribution in [0.3, 0.4) is 0 Å². The van der Waals surface area contributed by atoms with Gasteiger partial charge in [0.25, 0.3) is 11.7 Å². The Morgan fingerprint density at radius 1 is 1.09 bits per heavy atom. The van der Waals surface area contributed by atoms with Crippen LogP contribution >= 0.6 is 0 Å². The number of hydrogen-bond acceptors (Lipinski definition) is 7. The normalized spacial score (nSPS) is 17.4. The van der Waals surface area contributed by atoms with E-state index in [0.29, 0.717) is 42.4 Å². The van der Waals surface area contributed by atoms with Crippen molar-refractivity contribution in [2.45, 2.75) is 26.3 Å². The van der Waals surface area contributed by atoms with Crippen LogP contribution in [0.2, 0.25) is 0 Å². The van der Waals surface area contributed by atoms with Crippen LogP contribution in [0.25, 0.3) is 5.76 Å². The number of ketones is 1. The van der Waals surface area contributed by atoms with Crippen LogP contribution in [0, 0.1) is 5.92 Å². The topological polar surface area (TPSA) is 106 Å². The molecular formula is C26H31NO7. The number of Topliss-reactive ketones (excluding diaryl/α,β-unsaturated/α-hetero) is 1. The Morgan fingerprint density at radius 2 is 1.79 bits per heavy atom.